The number of rotatable bonds is 1. The fourth-order valence-corrected chi connectivity index (χ4v) is 2.40. The molecule has 2 heterocycles. The maximum atomic E-state index is 13.0. The van der Waals surface area contributed by atoms with Gasteiger partial charge in [0.1, 0.15) is 5.82 Å². The Bertz CT molecular complexity index is 487. The average Bonchev–Trinajstić information content (AvgIpc) is 2.73. The zero-order valence-corrected chi connectivity index (χ0v) is 11.0. The number of hydrogen-bond acceptors (Lipinski definition) is 2. The van der Waals surface area contributed by atoms with Crippen molar-refractivity contribution in [2.24, 2.45) is 5.41 Å². The van der Waals surface area contributed by atoms with Crippen LogP contribution in [0.2, 0.25) is 0 Å². The minimum absolute atomic E-state index is 0.0443. The number of carbonyl (C=O) groups is 1. The number of fused-ring (bicyclic) bond motifs is 1. The normalized spacial score (nSPS) is 19.6. The van der Waals surface area contributed by atoms with Crippen LogP contribution in [0, 0.1) is 5.41 Å². The fourth-order valence-electron chi connectivity index (χ4n) is 2.40. The lowest BCUT2D eigenvalue weighted by atomic mass is 9.84. The van der Waals surface area contributed by atoms with Crippen LogP contribution in [0.1, 0.15) is 33.2 Å². The molecule has 0 radical (unpaired) electrons. The summed E-state index contributed by atoms with van der Waals surface area (Å²) in [7, 11) is 0. The quantitative estimate of drug-likeness (QED) is 0.720. The van der Waals surface area contributed by atoms with E-state index in [1.807, 2.05) is 4.68 Å². The summed E-state index contributed by atoms with van der Waals surface area (Å²) in [4.78, 5) is 13.1. The number of nitrogens with zero attached hydrogens (tertiary/aromatic N) is 3. The van der Waals surface area contributed by atoms with E-state index in [1.54, 1.807) is 12.3 Å². The third-order valence-corrected chi connectivity index (χ3v) is 3.32. The molecule has 1 aromatic rings. The molecular formula is C13H18FN3O. The van der Waals surface area contributed by atoms with E-state index in [0.29, 0.717) is 12.4 Å². The van der Waals surface area contributed by atoms with E-state index in [2.05, 4.69) is 32.4 Å². The Labute approximate surface area is 106 Å². The third kappa shape index (κ3) is 2.05. The van der Waals surface area contributed by atoms with Crippen molar-refractivity contribution in [3.05, 3.63) is 24.7 Å². The molecule has 0 spiro atoms. The number of aromatic nitrogens is 2. The first-order valence-corrected chi connectivity index (χ1v) is 6.02. The summed E-state index contributed by atoms with van der Waals surface area (Å²) in [5, 5.41) is 4.27. The maximum absolute atomic E-state index is 13.0. The van der Waals surface area contributed by atoms with E-state index in [9.17, 15) is 9.18 Å². The van der Waals surface area contributed by atoms with Crippen molar-refractivity contribution < 1.29 is 9.18 Å². The molecule has 0 saturated heterocycles. The summed E-state index contributed by atoms with van der Waals surface area (Å²) >= 11 is 0. The highest BCUT2D eigenvalue weighted by Gasteiger charge is 2.35. The zero-order valence-electron chi connectivity index (χ0n) is 11.0. The molecule has 5 heteroatoms. The van der Waals surface area contributed by atoms with Crippen molar-refractivity contribution in [1.82, 2.24) is 9.78 Å². The summed E-state index contributed by atoms with van der Waals surface area (Å²) in [5.74, 6) is -0.967. The lowest BCUT2D eigenvalue weighted by Gasteiger charge is -2.39. The van der Waals surface area contributed by atoms with Crippen molar-refractivity contribution in [3.8, 4) is 0 Å². The van der Waals surface area contributed by atoms with E-state index >= 15 is 0 Å². The van der Waals surface area contributed by atoms with Crippen molar-refractivity contribution >= 4 is 11.7 Å². The molecule has 98 valence electrons. The van der Waals surface area contributed by atoms with Gasteiger partial charge in [-0.2, -0.15) is 5.10 Å². The predicted octanol–water partition coefficient (Wildman–Crippen LogP) is 2.69. The lowest BCUT2D eigenvalue weighted by Crippen LogP contribution is -2.42. The van der Waals surface area contributed by atoms with Crippen LogP contribution in [0.15, 0.2) is 24.7 Å². The topological polar surface area (TPSA) is 38.1 Å². The van der Waals surface area contributed by atoms with Crippen LogP contribution in [-0.4, -0.2) is 22.2 Å². The fraction of sp³-hybridized carbons (Fsp3) is 0.538. The molecule has 2 rings (SSSR count). The van der Waals surface area contributed by atoms with E-state index in [-0.39, 0.29) is 11.5 Å². The van der Waals surface area contributed by atoms with E-state index in [4.69, 9.17) is 0 Å². The standard InChI is InChI=1S/C13H18FN3O/c1-9(14)12(18)16-8-6-10(13(2,3)4)17-11(16)5-7-15-17/h5,7,10H,1,6,8H2,2-4H3. The molecule has 1 atom stereocenters. The molecule has 1 aliphatic rings. The summed E-state index contributed by atoms with van der Waals surface area (Å²) < 4.78 is 14.8. The SMILES string of the molecule is C=C(F)C(=O)N1CCC(C(C)(C)C)n2nccc21. The van der Waals surface area contributed by atoms with Gasteiger partial charge in [-0.1, -0.05) is 27.4 Å². The van der Waals surface area contributed by atoms with Gasteiger partial charge in [0.05, 0.1) is 12.2 Å². The Balaban J connectivity index is 2.38. The molecule has 0 bridgehead atoms. The van der Waals surface area contributed by atoms with Gasteiger partial charge in [-0.25, -0.2) is 9.07 Å². The van der Waals surface area contributed by atoms with Crippen LogP contribution >= 0.6 is 0 Å². The van der Waals surface area contributed by atoms with Crippen LogP contribution in [0.3, 0.4) is 0 Å². The zero-order chi connectivity index (χ0) is 13.5. The van der Waals surface area contributed by atoms with Crippen LogP contribution < -0.4 is 4.90 Å². The van der Waals surface area contributed by atoms with Crippen molar-refractivity contribution in [1.29, 1.82) is 0 Å². The molecule has 0 fully saturated rings. The Morgan fingerprint density at radius 3 is 2.78 bits per heavy atom. The minimum atomic E-state index is -0.933. The van der Waals surface area contributed by atoms with Crippen LogP contribution in [0.5, 0.6) is 0 Å². The molecule has 1 aromatic heterocycles. The molecule has 0 aliphatic carbocycles. The van der Waals surface area contributed by atoms with E-state index in [0.717, 1.165) is 6.42 Å². The summed E-state index contributed by atoms with van der Waals surface area (Å²) in [6.45, 7) is 9.96. The predicted molar refractivity (Wildman–Crippen MR) is 67.9 cm³/mol. The molecule has 0 aromatic carbocycles. The van der Waals surface area contributed by atoms with Gasteiger partial charge < -0.3 is 0 Å². The number of hydrogen-bond donors (Lipinski definition) is 0. The van der Waals surface area contributed by atoms with Crippen LogP contribution in [0.4, 0.5) is 10.2 Å². The van der Waals surface area contributed by atoms with E-state index in [1.165, 1.54) is 4.90 Å². The Morgan fingerprint density at radius 2 is 2.22 bits per heavy atom. The summed E-state index contributed by atoms with van der Waals surface area (Å²) in [6.07, 6.45) is 2.40. The van der Waals surface area contributed by atoms with Gasteiger partial charge in [0, 0.05) is 12.6 Å². The Morgan fingerprint density at radius 1 is 1.56 bits per heavy atom. The molecule has 18 heavy (non-hydrogen) atoms. The molecule has 4 nitrogen and oxygen atoms in total. The average molecular weight is 251 g/mol. The molecule has 1 unspecified atom stereocenters. The van der Waals surface area contributed by atoms with Gasteiger partial charge in [0.2, 0.25) is 0 Å². The van der Waals surface area contributed by atoms with Crippen LogP contribution in [0.25, 0.3) is 0 Å². The maximum Gasteiger partial charge on any atom is 0.287 e. The molecule has 1 amide bonds. The number of amides is 1. The van der Waals surface area contributed by atoms with Crippen LogP contribution in [-0.2, 0) is 4.79 Å². The second-order valence-corrected chi connectivity index (χ2v) is 5.67. The molecule has 0 saturated carbocycles. The van der Waals surface area contributed by atoms with Gasteiger partial charge in [-0.3, -0.25) is 9.69 Å². The van der Waals surface area contributed by atoms with Gasteiger partial charge in [-0.15, -0.1) is 0 Å². The highest BCUT2D eigenvalue weighted by atomic mass is 19.1. The van der Waals surface area contributed by atoms with Crippen molar-refractivity contribution in [3.63, 3.8) is 0 Å². The largest absolute Gasteiger partial charge is 0.291 e. The van der Waals surface area contributed by atoms with Gasteiger partial charge >= 0.3 is 0 Å². The highest BCUT2D eigenvalue weighted by Crippen LogP contribution is 2.39. The first-order valence-electron chi connectivity index (χ1n) is 6.02. The highest BCUT2D eigenvalue weighted by molar-refractivity contribution is 6.03. The summed E-state index contributed by atoms with van der Waals surface area (Å²) in [5.41, 5.74) is 0.0443. The third-order valence-electron chi connectivity index (χ3n) is 3.32. The first-order chi connectivity index (χ1) is 8.32. The monoisotopic (exact) mass is 251 g/mol. The molecule has 1 aliphatic heterocycles. The molecular weight excluding hydrogens is 233 g/mol. The molecule has 0 N–H and O–H groups in total. The summed E-state index contributed by atoms with van der Waals surface area (Å²) in [6, 6.07) is 1.94. The smallest absolute Gasteiger partial charge is 0.287 e. The van der Waals surface area contributed by atoms with Crippen molar-refractivity contribution in [2.75, 3.05) is 11.4 Å². The second-order valence-electron chi connectivity index (χ2n) is 5.67. The van der Waals surface area contributed by atoms with Crippen molar-refractivity contribution in [2.45, 2.75) is 33.2 Å². The van der Waals surface area contributed by atoms with Gasteiger partial charge in [-0.05, 0) is 11.8 Å². The number of anilines is 1. The first kappa shape index (κ1) is 12.8. The number of carbonyl (C=O) groups excluding carboxylic acids is 1. The minimum Gasteiger partial charge on any atom is -0.291 e. The lowest BCUT2D eigenvalue weighted by molar-refractivity contribution is -0.116. The van der Waals surface area contributed by atoms with E-state index < -0.39 is 11.7 Å². The Hall–Kier alpha value is -1.65. The number of halogens is 1. The Kier molecular flexibility index (Phi) is 3.00. The van der Waals surface area contributed by atoms with Gasteiger partial charge in [0.25, 0.3) is 5.91 Å². The van der Waals surface area contributed by atoms with Gasteiger partial charge in [0.15, 0.2) is 5.83 Å². The second kappa shape index (κ2) is 4.23.